The number of hydrogen-bond acceptors (Lipinski definition) is 6. The van der Waals surface area contributed by atoms with Crippen molar-refractivity contribution in [3.8, 4) is 0 Å². The molecular weight excluding hydrogens is 600 g/mol. The molecule has 0 bridgehead atoms. The number of rotatable bonds is 8. The Morgan fingerprint density at radius 1 is 1.07 bits per heavy atom. The van der Waals surface area contributed by atoms with Gasteiger partial charge in [-0.05, 0) is 82.6 Å². The van der Waals surface area contributed by atoms with Crippen LogP contribution in [0.5, 0.6) is 0 Å². The Bertz CT molecular complexity index is 1610. The number of nitrogens with zero attached hydrogens (tertiary/aromatic N) is 1. The predicted molar refractivity (Wildman–Crippen MR) is 164 cm³/mol. The van der Waals surface area contributed by atoms with Gasteiger partial charge in [0, 0.05) is 22.8 Å². The van der Waals surface area contributed by atoms with E-state index >= 15 is 0 Å². The molecular formula is C34H39F2N3O7. The molecule has 1 aromatic heterocycles. The molecule has 46 heavy (non-hydrogen) atoms. The fraction of sp³-hybridized carbons (Fsp3) is 0.471. The number of alkyl halides is 1. The summed E-state index contributed by atoms with van der Waals surface area (Å²) in [5.74, 6) is -4.75. The zero-order valence-electron chi connectivity index (χ0n) is 26.0. The van der Waals surface area contributed by atoms with Crippen molar-refractivity contribution in [2.24, 2.45) is 17.6 Å². The van der Waals surface area contributed by atoms with E-state index in [9.17, 15) is 33.1 Å². The number of ether oxygens (including phenoxy) is 1. The number of carboxylic acid groups (broad SMARTS) is 1. The minimum atomic E-state index is -1.32. The van der Waals surface area contributed by atoms with E-state index in [1.807, 2.05) is 0 Å². The van der Waals surface area contributed by atoms with Crippen LogP contribution in [0.3, 0.4) is 0 Å². The summed E-state index contributed by atoms with van der Waals surface area (Å²) in [4.78, 5) is 53.8. The number of halogens is 2. The van der Waals surface area contributed by atoms with Crippen molar-refractivity contribution in [1.29, 1.82) is 0 Å². The number of amides is 3. The molecule has 1 saturated carbocycles. The van der Waals surface area contributed by atoms with E-state index in [0.717, 1.165) is 0 Å². The number of likely N-dealkylation sites (tertiary alicyclic amines) is 1. The summed E-state index contributed by atoms with van der Waals surface area (Å²) in [7, 11) is 0. The van der Waals surface area contributed by atoms with Crippen molar-refractivity contribution < 1.29 is 42.2 Å². The Morgan fingerprint density at radius 2 is 1.72 bits per heavy atom. The number of para-hydroxylation sites is 1. The number of nitrogens with one attached hydrogen (secondary N) is 1. The van der Waals surface area contributed by atoms with Gasteiger partial charge in [0.1, 0.15) is 29.7 Å². The molecule has 2 aromatic carbocycles. The van der Waals surface area contributed by atoms with E-state index in [-0.39, 0.29) is 29.6 Å². The minimum Gasteiger partial charge on any atom is -0.475 e. The summed E-state index contributed by atoms with van der Waals surface area (Å²) < 4.78 is 38.9. The fourth-order valence-electron chi connectivity index (χ4n) is 7.06. The Hall–Kier alpha value is -4.48. The van der Waals surface area contributed by atoms with E-state index in [2.05, 4.69) is 5.32 Å². The molecule has 246 valence electrons. The summed E-state index contributed by atoms with van der Waals surface area (Å²) in [5.41, 5.74) is 6.39. The van der Waals surface area contributed by atoms with Gasteiger partial charge >= 0.3 is 12.1 Å². The number of carbonyl (C=O) groups is 4. The van der Waals surface area contributed by atoms with E-state index in [4.69, 9.17) is 14.9 Å². The van der Waals surface area contributed by atoms with Crippen molar-refractivity contribution in [3.05, 3.63) is 71.2 Å². The number of alkyl carbamates (subject to hydrolysis) is 1. The average Bonchev–Trinajstić information content (AvgIpc) is 3.58. The van der Waals surface area contributed by atoms with Gasteiger partial charge in [-0.2, -0.15) is 0 Å². The fourth-order valence-corrected chi connectivity index (χ4v) is 7.06. The first kappa shape index (κ1) is 32.9. The maximum absolute atomic E-state index is 14.5. The first-order valence-electron chi connectivity index (χ1n) is 15.5. The van der Waals surface area contributed by atoms with Crippen molar-refractivity contribution >= 4 is 34.8 Å². The molecule has 12 heteroatoms. The van der Waals surface area contributed by atoms with E-state index < -0.39 is 66.0 Å². The van der Waals surface area contributed by atoms with Crippen molar-refractivity contribution in [1.82, 2.24) is 10.2 Å². The van der Waals surface area contributed by atoms with Gasteiger partial charge in [-0.25, -0.2) is 18.4 Å². The number of furan rings is 1. The van der Waals surface area contributed by atoms with Crippen LogP contribution in [0.4, 0.5) is 13.6 Å². The van der Waals surface area contributed by atoms with Crippen molar-refractivity contribution in [3.63, 3.8) is 0 Å². The van der Waals surface area contributed by atoms with E-state index in [0.29, 0.717) is 42.2 Å². The highest BCUT2D eigenvalue weighted by Gasteiger charge is 2.51. The molecule has 5 rings (SSSR count). The van der Waals surface area contributed by atoms with Crippen molar-refractivity contribution in [2.75, 3.05) is 6.67 Å². The second-order valence-electron chi connectivity index (χ2n) is 13.2. The molecule has 2 heterocycles. The van der Waals surface area contributed by atoms with Crippen LogP contribution in [0.2, 0.25) is 0 Å². The summed E-state index contributed by atoms with van der Waals surface area (Å²) in [6.45, 7) is 4.34. The molecule has 3 aromatic rings. The molecule has 2 unspecified atom stereocenters. The highest BCUT2D eigenvalue weighted by Crippen LogP contribution is 2.50. The van der Waals surface area contributed by atoms with Gasteiger partial charge < -0.3 is 30.2 Å². The second kappa shape index (κ2) is 13.1. The zero-order chi connectivity index (χ0) is 33.3. The van der Waals surface area contributed by atoms with Gasteiger partial charge in [-0.1, -0.05) is 30.3 Å². The lowest BCUT2D eigenvalue weighted by Gasteiger charge is -2.37. The van der Waals surface area contributed by atoms with Gasteiger partial charge in [0.15, 0.2) is 0 Å². The first-order chi connectivity index (χ1) is 21.8. The standard InChI is InChI=1S/C34H39F2N3O7/c1-34(2,3)46-33(44)38-24(17-35)19-8-10-20(11-9-19)31(41)39-25(27-22-6-4-5-7-26(22)45-29(27)32(42)43)16-23(28(39)30(37)40)18-12-14-21(36)15-13-18/h4-7,12-15,19-20,23-25,28H,8-11,16-17H2,1-3H3,(H2,37,40)(H,38,44)(H,42,43)/t19?,20?,23-,24?,25?,28-/m0/s1. The molecule has 1 aliphatic heterocycles. The molecule has 0 spiro atoms. The van der Waals surface area contributed by atoms with Crippen LogP contribution in [0, 0.1) is 17.7 Å². The number of carbonyl (C=O) groups excluding carboxylic acids is 3. The average molecular weight is 640 g/mol. The third-order valence-electron chi connectivity index (χ3n) is 9.06. The maximum atomic E-state index is 14.5. The number of benzene rings is 2. The molecule has 1 saturated heterocycles. The maximum Gasteiger partial charge on any atom is 0.407 e. The Balaban J connectivity index is 1.47. The zero-order valence-corrected chi connectivity index (χ0v) is 26.0. The monoisotopic (exact) mass is 639 g/mol. The molecule has 0 radical (unpaired) electrons. The van der Waals surface area contributed by atoms with Crippen LogP contribution in [0.15, 0.2) is 52.9 Å². The van der Waals surface area contributed by atoms with Gasteiger partial charge in [0.2, 0.25) is 17.6 Å². The minimum absolute atomic E-state index is 0.147. The lowest BCUT2D eigenvalue weighted by atomic mass is 9.78. The molecule has 2 aliphatic rings. The number of nitrogens with two attached hydrogens (primary N) is 1. The SMILES string of the molecule is CC(C)(C)OC(=O)NC(CF)C1CCC(C(=O)N2C(c3c(C(=O)O)oc4ccccc34)C[C@@H](c3ccc(F)cc3)[C@H]2C(N)=O)CC1. The van der Waals surface area contributed by atoms with E-state index in [1.54, 1.807) is 45.0 Å². The molecule has 4 N–H and O–H groups in total. The normalized spacial score (nSPS) is 24.0. The number of fused-ring (bicyclic) bond motifs is 1. The molecule has 3 amide bonds. The van der Waals surface area contributed by atoms with Crippen molar-refractivity contribution in [2.45, 2.75) is 82.5 Å². The number of primary amides is 1. The predicted octanol–water partition coefficient (Wildman–Crippen LogP) is 5.85. The lowest BCUT2D eigenvalue weighted by Crippen LogP contribution is -2.50. The number of carboxylic acids is 1. The molecule has 1 aliphatic carbocycles. The van der Waals surface area contributed by atoms with Crippen LogP contribution in [0.25, 0.3) is 11.0 Å². The quantitative estimate of drug-likeness (QED) is 0.280. The summed E-state index contributed by atoms with van der Waals surface area (Å²) in [6, 6.07) is 9.52. The van der Waals surface area contributed by atoms with Crippen LogP contribution < -0.4 is 11.1 Å². The molecule has 10 nitrogen and oxygen atoms in total. The Kier molecular flexibility index (Phi) is 9.37. The second-order valence-corrected chi connectivity index (χ2v) is 13.2. The van der Waals surface area contributed by atoms with E-state index in [1.165, 1.54) is 29.2 Å². The smallest absolute Gasteiger partial charge is 0.407 e. The van der Waals surface area contributed by atoms with Gasteiger partial charge in [-0.3, -0.25) is 9.59 Å². The largest absolute Gasteiger partial charge is 0.475 e. The van der Waals surface area contributed by atoms with Gasteiger partial charge in [0.05, 0.1) is 12.1 Å². The van der Waals surface area contributed by atoms with Crippen LogP contribution in [-0.4, -0.2) is 58.2 Å². The van der Waals surface area contributed by atoms with Crippen LogP contribution >= 0.6 is 0 Å². The van der Waals surface area contributed by atoms with Crippen LogP contribution in [0.1, 0.15) is 86.5 Å². The number of hydrogen-bond donors (Lipinski definition) is 3. The number of aromatic carboxylic acids is 1. The molecule has 4 atom stereocenters. The Labute approximate surface area is 265 Å². The molecule has 2 fully saturated rings. The lowest BCUT2D eigenvalue weighted by molar-refractivity contribution is -0.144. The third kappa shape index (κ3) is 6.70. The Morgan fingerprint density at radius 3 is 2.30 bits per heavy atom. The third-order valence-corrected chi connectivity index (χ3v) is 9.06. The topological polar surface area (TPSA) is 152 Å². The van der Waals surface area contributed by atoms with Gasteiger partial charge in [0.25, 0.3) is 0 Å². The first-order valence-corrected chi connectivity index (χ1v) is 15.5. The summed E-state index contributed by atoms with van der Waals surface area (Å²) in [5, 5.41) is 13.2. The van der Waals surface area contributed by atoms with Gasteiger partial charge in [-0.15, -0.1) is 0 Å². The highest BCUT2D eigenvalue weighted by atomic mass is 19.1. The summed E-state index contributed by atoms with van der Waals surface area (Å²) >= 11 is 0. The van der Waals surface area contributed by atoms with Crippen LogP contribution in [-0.2, 0) is 14.3 Å². The highest BCUT2D eigenvalue weighted by molar-refractivity contribution is 5.97. The summed E-state index contributed by atoms with van der Waals surface area (Å²) in [6.07, 6.45) is 0.987.